The lowest BCUT2D eigenvalue weighted by Gasteiger charge is -2.56. The zero-order chi connectivity index (χ0) is 57.1. The van der Waals surface area contributed by atoms with Crippen LogP contribution in [0.25, 0.3) is 0 Å². The van der Waals surface area contributed by atoms with Crippen LogP contribution in [0.3, 0.4) is 0 Å². The van der Waals surface area contributed by atoms with Crippen LogP contribution in [-0.4, -0.2) is 99.9 Å². The predicted octanol–water partition coefficient (Wildman–Crippen LogP) is 8.44. The third-order valence-corrected chi connectivity index (χ3v) is 19.1. The predicted molar refractivity (Wildman–Crippen MR) is 293 cm³/mol. The van der Waals surface area contributed by atoms with Gasteiger partial charge >= 0.3 is 18.3 Å². The highest BCUT2D eigenvalue weighted by Crippen LogP contribution is 2.61. The summed E-state index contributed by atoms with van der Waals surface area (Å²) in [4.78, 5) is 86.0. The van der Waals surface area contributed by atoms with Crippen molar-refractivity contribution in [2.75, 3.05) is 6.54 Å². The standard InChI is InChI=1S/C55H87N11O10Si/c1-32-19-38(76-77(15,16)53(12,13)14)20-33(2)39(32)24-41(44(68)65-55(56,28-37-30-57-31-59-37)45-62-42(66-75-45)29-54-25-34-21-35(26-54)23-36(22-34)27-54)60-43(67)40(17-18-58-47(69)72-50(3,4)5)61-46(63-48(70)73-51(6,7)8)64-49(71)74-52(9,10)11/h19-20,30-31,34-36,40-41H,17-18,21-29,56H2,1-16H3,(H,57,59)(H,58,69)(H,60,67)(H,65,68)(H2,61,63,64,70,71)/t34?,35?,36?,40-,41+,54?,55+/m1/s1. The smallest absolute Gasteiger partial charge is 0.437 e. The number of carbonyl (C=O) groups is 5. The number of amides is 5. The molecular formula is C55H87N11O10Si. The number of H-pyrrole nitrogens is 1. The molecule has 4 aliphatic rings. The Balaban J connectivity index is 1.38. The number of benzene rings is 1. The topological polar surface area (TPSA) is 288 Å². The summed E-state index contributed by atoms with van der Waals surface area (Å²) in [5.41, 5.74) is 5.61. The number of carbonyl (C=O) groups excluding carboxylic acids is 5. The Morgan fingerprint density at radius 1 is 0.818 bits per heavy atom. The summed E-state index contributed by atoms with van der Waals surface area (Å²) in [6, 6.07) is 1.09. The van der Waals surface area contributed by atoms with Gasteiger partial charge in [0, 0.05) is 32.0 Å². The fraction of sp³-hybridized carbons (Fsp3) is 0.691. The summed E-state index contributed by atoms with van der Waals surface area (Å²) >= 11 is 0. The van der Waals surface area contributed by atoms with E-state index in [0.717, 1.165) is 36.0 Å². The van der Waals surface area contributed by atoms with Gasteiger partial charge < -0.3 is 55.1 Å². The monoisotopic (exact) mass is 1090 g/mol. The molecule has 4 fully saturated rings. The number of rotatable bonds is 17. The molecule has 5 amide bonds. The van der Waals surface area contributed by atoms with Crippen LogP contribution in [0.5, 0.6) is 5.75 Å². The van der Waals surface area contributed by atoms with Crippen LogP contribution in [0.4, 0.5) is 14.4 Å². The van der Waals surface area contributed by atoms with Gasteiger partial charge in [0.15, 0.2) is 11.5 Å². The summed E-state index contributed by atoms with van der Waals surface area (Å²) in [6.07, 6.45) is 7.88. The zero-order valence-electron chi connectivity index (χ0n) is 48.4. The van der Waals surface area contributed by atoms with Crippen LogP contribution in [-0.2, 0) is 48.7 Å². The van der Waals surface area contributed by atoms with E-state index in [0.29, 0.717) is 41.4 Å². The van der Waals surface area contributed by atoms with Gasteiger partial charge in [-0.1, -0.05) is 25.9 Å². The fourth-order valence-electron chi connectivity index (χ4n) is 10.9. The van der Waals surface area contributed by atoms with E-state index in [1.54, 1.807) is 68.5 Å². The molecule has 1 aromatic carbocycles. The summed E-state index contributed by atoms with van der Waals surface area (Å²) in [5.74, 6) is 1.30. The van der Waals surface area contributed by atoms with E-state index in [1.807, 2.05) is 26.0 Å². The average molecular weight is 1090 g/mol. The lowest BCUT2D eigenvalue weighted by atomic mass is 9.49. The van der Waals surface area contributed by atoms with Crippen LogP contribution in [0.2, 0.25) is 18.1 Å². The highest BCUT2D eigenvalue weighted by atomic mass is 28.4. The van der Waals surface area contributed by atoms with Crippen molar-refractivity contribution >= 4 is 44.4 Å². The Bertz CT molecular complexity index is 2560. The number of hydrogen-bond donors (Lipinski definition) is 7. The van der Waals surface area contributed by atoms with E-state index in [9.17, 15) is 14.4 Å². The van der Waals surface area contributed by atoms with Crippen LogP contribution in [0.15, 0.2) is 34.2 Å². The number of nitrogens with one attached hydrogen (secondary N) is 6. The van der Waals surface area contributed by atoms with Crippen LogP contribution in [0.1, 0.15) is 162 Å². The van der Waals surface area contributed by atoms with Crippen LogP contribution < -0.4 is 36.7 Å². The van der Waals surface area contributed by atoms with Crippen molar-refractivity contribution in [3.63, 3.8) is 0 Å². The fourth-order valence-corrected chi connectivity index (χ4v) is 11.9. The molecule has 3 aromatic rings. The van der Waals surface area contributed by atoms with Gasteiger partial charge in [0.1, 0.15) is 34.6 Å². The second-order valence-electron chi connectivity index (χ2n) is 26.5. The molecule has 0 saturated heterocycles. The average Bonchev–Trinajstić information content (AvgIpc) is 3.93. The zero-order valence-corrected chi connectivity index (χ0v) is 49.4. The third kappa shape index (κ3) is 17.2. The highest BCUT2D eigenvalue weighted by molar-refractivity contribution is 6.74. The van der Waals surface area contributed by atoms with E-state index in [2.05, 4.69) is 80.6 Å². The molecule has 4 bridgehead atoms. The van der Waals surface area contributed by atoms with E-state index in [1.165, 1.54) is 25.6 Å². The molecule has 426 valence electrons. The minimum atomic E-state index is -2.26. The molecule has 4 saturated carbocycles. The minimum absolute atomic E-state index is 0.0258. The normalized spacial score (nSPS) is 21.3. The van der Waals surface area contributed by atoms with Gasteiger partial charge in [0.05, 0.1) is 12.0 Å². The first-order valence-electron chi connectivity index (χ1n) is 27.0. The number of aliphatic imine (C=N–C) groups is 1. The molecule has 22 heteroatoms. The van der Waals surface area contributed by atoms with Gasteiger partial charge in [0.2, 0.25) is 26.1 Å². The van der Waals surface area contributed by atoms with Crippen molar-refractivity contribution in [2.24, 2.45) is 33.9 Å². The summed E-state index contributed by atoms with van der Waals surface area (Å²) in [6.45, 7) is 29.5. The third-order valence-electron chi connectivity index (χ3n) is 14.7. The van der Waals surface area contributed by atoms with E-state index < -0.39 is 78.9 Å². The lowest BCUT2D eigenvalue weighted by Crippen LogP contribution is -2.62. The molecular weight excluding hydrogens is 1000 g/mol. The first-order valence-corrected chi connectivity index (χ1v) is 29.9. The molecule has 0 aliphatic heterocycles. The Hall–Kier alpha value is -6.03. The number of aromatic amines is 1. The molecule has 8 N–H and O–H groups in total. The van der Waals surface area contributed by atoms with Gasteiger partial charge in [-0.05, 0) is 191 Å². The second kappa shape index (κ2) is 23.1. The number of guanidine groups is 1. The largest absolute Gasteiger partial charge is 0.543 e. The number of aryl methyl sites for hydroxylation is 2. The summed E-state index contributed by atoms with van der Waals surface area (Å²) in [5, 5.41) is 18.3. The highest BCUT2D eigenvalue weighted by Gasteiger charge is 2.52. The van der Waals surface area contributed by atoms with Crippen LogP contribution >= 0.6 is 0 Å². The van der Waals surface area contributed by atoms with Crippen molar-refractivity contribution in [1.82, 2.24) is 46.7 Å². The van der Waals surface area contributed by atoms with Gasteiger partial charge in [-0.3, -0.25) is 14.9 Å². The Labute approximate surface area is 455 Å². The van der Waals surface area contributed by atoms with Gasteiger partial charge in [-0.15, -0.1) is 4.99 Å². The maximum absolute atomic E-state index is 15.3. The first-order chi connectivity index (χ1) is 35.5. The number of nitrogens with two attached hydrogens (primary N) is 1. The lowest BCUT2D eigenvalue weighted by molar-refractivity contribution is -0.131. The number of aromatic nitrogens is 4. The Morgan fingerprint density at radius 2 is 1.39 bits per heavy atom. The number of nitrogens with zero attached hydrogens (tertiary/aromatic N) is 4. The second-order valence-corrected chi connectivity index (χ2v) is 31.2. The molecule has 0 spiro atoms. The number of hydrogen-bond acceptors (Lipinski definition) is 14. The SMILES string of the molecule is Cc1cc(O[Si](C)(C)C(C)(C)C)cc(C)c1C[C@H](NC(=O)[C@@H](CCNC(=O)OC(C)(C)C)N/C(=N/C(=O)OC(C)(C)C)NC(=O)OC(C)(C)C)C(=O)N[C@@](N)(Cc1c[nH]cn1)c1nc(CC23CC4CC(CC(C4)C2)C3)no1. The summed E-state index contributed by atoms with van der Waals surface area (Å²) < 4.78 is 29.1. The van der Waals surface area contributed by atoms with Crippen molar-refractivity contribution in [2.45, 2.75) is 214 Å². The van der Waals surface area contributed by atoms with Crippen molar-refractivity contribution in [1.29, 1.82) is 0 Å². The molecule has 2 heterocycles. The summed E-state index contributed by atoms with van der Waals surface area (Å²) in [7, 11) is -2.26. The Kier molecular flexibility index (Phi) is 18.1. The van der Waals surface area contributed by atoms with Gasteiger partial charge in [-0.2, -0.15) is 4.98 Å². The number of imidazole rings is 1. The van der Waals surface area contributed by atoms with Gasteiger partial charge in [-0.25, -0.2) is 19.4 Å². The van der Waals surface area contributed by atoms with Gasteiger partial charge in [0.25, 0.3) is 5.89 Å². The first kappa shape index (κ1) is 60.2. The molecule has 7 rings (SSSR count). The van der Waals surface area contributed by atoms with Crippen molar-refractivity contribution in [3.05, 3.63) is 58.8 Å². The maximum Gasteiger partial charge on any atom is 0.437 e. The minimum Gasteiger partial charge on any atom is -0.543 e. The molecule has 4 aliphatic carbocycles. The molecule has 0 radical (unpaired) electrons. The van der Waals surface area contributed by atoms with E-state index >= 15 is 9.59 Å². The maximum atomic E-state index is 15.3. The molecule has 21 nitrogen and oxygen atoms in total. The van der Waals surface area contributed by atoms with Crippen molar-refractivity contribution < 1.29 is 47.1 Å². The van der Waals surface area contributed by atoms with Crippen molar-refractivity contribution in [3.8, 4) is 5.75 Å². The molecule has 2 aromatic heterocycles. The van der Waals surface area contributed by atoms with E-state index in [-0.39, 0.29) is 42.2 Å². The number of alkyl carbamates (subject to hydrolysis) is 2. The Morgan fingerprint density at radius 3 is 1.92 bits per heavy atom. The molecule has 3 atom stereocenters. The van der Waals surface area contributed by atoms with E-state index in [4.69, 9.17) is 33.9 Å². The van der Waals surface area contributed by atoms with Crippen LogP contribution in [0, 0.1) is 37.0 Å². The number of ether oxygens (including phenoxy) is 3. The molecule has 77 heavy (non-hydrogen) atoms. The quantitative estimate of drug-likeness (QED) is 0.0219. The molecule has 0 unspecified atom stereocenters.